The summed E-state index contributed by atoms with van der Waals surface area (Å²) < 4.78 is 15.7. The summed E-state index contributed by atoms with van der Waals surface area (Å²) >= 11 is 0. The van der Waals surface area contributed by atoms with Gasteiger partial charge in [-0.3, -0.25) is 9.59 Å². The summed E-state index contributed by atoms with van der Waals surface area (Å²) in [4.78, 5) is 38.7. The molecule has 0 spiro atoms. The van der Waals surface area contributed by atoms with Crippen molar-refractivity contribution in [3.63, 3.8) is 0 Å². The molecule has 6 rings (SSSR count). The summed E-state index contributed by atoms with van der Waals surface area (Å²) in [6.07, 6.45) is 4.50. The Labute approximate surface area is 239 Å². The van der Waals surface area contributed by atoms with Crippen LogP contribution in [0.25, 0.3) is 5.65 Å². The van der Waals surface area contributed by atoms with E-state index in [-0.39, 0.29) is 36.3 Å². The topological polar surface area (TPSA) is 112 Å². The van der Waals surface area contributed by atoms with Crippen LogP contribution in [0.5, 0.6) is 0 Å². The van der Waals surface area contributed by atoms with Crippen LogP contribution < -0.4 is 20.9 Å². The molecule has 3 unspecified atom stereocenters. The fourth-order valence-electron chi connectivity index (χ4n) is 6.43. The predicted octanol–water partition coefficient (Wildman–Crippen LogP) is 2.76. The number of carbonyl (C=O) groups excluding carboxylic acids is 2. The number of nitrogens with one attached hydrogen (secondary N) is 1. The Morgan fingerprint density at radius 2 is 1.85 bits per heavy atom. The van der Waals surface area contributed by atoms with Crippen molar-refractivity contribution in [2.45, 2.75) is 62.9 Å². The third-order valence-electron chi connectivity index (χ3n) is 8.95. The minimum atomic E-state index is -1.07. The maximum absolute atomic E-state index is 14.5. The third-order valence-corrected chi connectivity index (χ3v) is 8.95. The van der Waals surface area contributed by atoms with E-state index in [4.69, 9.17) is 15.8 Å². The molecule has 3 atom stereocenters. The fraction of sp³-hybridized carbons (Fsp3) is 0.533. The number of amides is 2. The van der Waals surface area contributed by atoms with Gasteiger partial charge in [0.05, 0.1) is 17.2 Å². The third kappa shape index (κ3) is 5.23. The van der Waals surface area contributed by atoms with E-state index in [0.717, 1.165) is 61.7 Å². The number of hydrogen-bond donors (Lipinski definition) is 2. The highest BCUT2D eigenvalue weighted by atomic mass is 19.1. The van der Waals surface area contributed by atoms with Crippen molar-refractivity contribution in [1.82, 2.24) is 24.8 Å². The van der Waals surface area contributed by atoms with Gasteiger partial charge < -0.3 is 25.8 Å². The first-order valence-corrected chi connectivity index (χ1v) is 14.7. The van der Waals surface area contributed by atoms with Gasteiger partial charge >= 0.3 is 0 Å². The zero-order valence-corrected chi connectivity index (χ0v) is 23.9. The Morgan fingerprint density at radius 3 is 2.61 bits per heavy atom. The Kier molecular flexibility index (Phi) is 7.31. The van der Waals surface area contributed by atoms with Crippen LogP contribution in [0.3, 0.4) is 0 Å². The molecule has 0 saturated carbocycles. The van der Waals surface area contributed by atoms with Gasteiger partial charge in [0, 0.05) is 64.4 Å². The number of nitrogens with zero attached hydrogens (tertiary/aromatic N) is 6. The van der Waals surface area contributed by atoms with E-state index in [2.05, 4.69) is 21.2 Å². The zero-order chi connectivity index (χ0) is 28.7. The summed E-state index contributed by atoms with van der Waals surface area (Å²) in [5.74, 6) is 1.17. The quantitative estimate of drug-likeness (QED) is 0.494. The summed E-state index contributed by atoms with van der Waals surface area (Å²) in [5, 5.41) is 8.07. The second-order valence-electron chi connectivity index (χ2n) is 12.0. The van der Waals surface area contributed by atoms with Gasteiger partial charge in [-0.05, 0) is 56.7 Å². The van der Waals surface area contributed by atoms with Gasteiger partial charge in [0.25, 0.3) is 0 Å². The molecule has 2 aromatic heterocycles. The summed E-state index contributed by atoms with van der Waals surface area (Å²) in [6, 6.07) is 9.98. The van der Waals surface area contributed by atoms with Crippen molar-refractivity contribution in [3.8, 4) is 0 Å². The smallest absolute Gasteiger partial charge is 0.235 e. The number of anilines is 2. The molecule has 3 aromatic rings. The molecule has 41 heavy (non-hydrogen) atoms. The highest BCUT2D eigenvalue weighted by Crippen LogP contribution is 2.37. The number of halogens is 1. The van der Waals surface area contributed by atoms with Crippen LogP contribution in [0.4, 0.5) is 16.0 Å². The van der Waals surface area contributed by atoms with Crippen molar-refractivity contribution < 1.29 is 14.0 Å². The van der Waals surface area contributed by atoms with Gasteiger partial charge in [0.1, 0.15) is 17.5 Å². The Bertz CT molecular complexity index is 1440. The van der Waals surface area contributed by atoms with E-state index >= 15 is 0 Å². The number of fused-ring (bicyclic) bond motifs is 3. The second-order valence-corrected chi connectivity index (χ2v) is 12.0. The van der Waals surface area contributed by atoms with Crippen LogP contribution in [-0.2, 0) is 15.0 Å². The molecule has 0 aliphatic carbocycles. The molecule has 3 aliphatic rings. The first kappa shape index (κ1) is 27.4. The van der Waals surface area contributed by atoms with Crippen molar-refractivity contribution in [1.29, 1.82) is 0 Å². The van der Waals surface area contributed by atoms with Crippen LogP contribution in [0, 0.1) is 5.82 Å². The SMILES string of the molecule is CN1CCCC(=O)NCC(C)(c2ccc(F)cc2)C(=O)N2CCCCC2c2cc3nc(N4CCC(N)C4)cc1n3n2. The largest absolute Gasteiger partial charge is 0.359 e. The molecule has 2 saturated heterocycles. The van der Waals surface area contributed by atoms with E-state index in [1.165, 1.54) is 12.1 Å². The molecule has 2 bridgehead atoms. The highest BCUT2D eigenvalue weighted by Gasteiger charge is 2.43. The number of rotatable bonds is 2. The van der Waals surface area contributed by atoms with Crippen molar-refractivity contribution in [2.75, 3.05) is 49.6 Å². The molecule has 218 valence electrons. The molecule has 2 amide bonds. The predicted molar refractivity (Wildman–Crippen MR) is 155 cm³/mol. The van der Waals surface area contributed by atoms with E-state index in [1.807, 2.05) is 29.5 Å². The molecule has 5 heterocycles. The fourth-order valence-corrected chi connectivity index (χ4v) is 6.43. The first-order valence-electron chi connectivity index (χ1n) is 14.7. The molecular formula is C30H39FN8O2. The van der Waals surface area contributed by atoms with Crippen LogP contribution in [0.2, 0.25) is 0 Å². The minimum absolute atomic E-state index is 0.0990. The maximum Gasteiger partial charge on any atom is 0.235 e. The van der Waals surface area contributed by atoms with Gasteiger partial charge in [0.15, 0.2) is 5.65 Å². The Balaban J connectivity index is 1.45. The van der Waals surface area contributed by atoms with Gasteiger partial charge in [-0.1, -0.05) is 12.1 Å². The molecule has 11 heteroatoms. The van der Waals surface area contributed by atoms with Gasteiger partial charge in [-0.25, -0.2) is 9.37 Å². The van der Waals surface area contributed by atoms with Crippen molar-refractivity contribution in [3.05, 3.63) is 53.5 Å². The lowest BCUT2D eigenvalue weighted by molar-refractivity contribution is -0.141. The highest BCUT2D eigenvalue weighted by molar-refractivity contribution is 5.89. The maximum atomic E-state index is 14.5. The zero-order valence-electron chi connectivity index (χ0n) is 23.9. The summed E-state index contributed by atoms with van der Waals surface area (Å²) in [6.45, 7) is 4.80. The average molecular weight is 563 g/mol. The number of nitrogens with two attached hydrogens (primary N) is 1. The number of hydrogen-bond acceptors (Lipinski definition) is 7. The Hall–Kier alpha value is -3.73. The summed E-state index contributed by atoms with van der Waals surface area (Å²) in [7, 11) is 2.01. The molecular weight excluding hydrogens is 523 g/mol. The normalized spacial score (nSPS) is 26.2. The van der Waals surface area contributed by atoms with Gasteiger partial charge in [0.2, 0.25) is 11.8 Å². The number of benzene rings is 1. The van der Waals surface area contributed by atoms with Crippen LogP contribution in [0.1, 0.15) is 62.7 Å². The lowest BCUT2D eigenvalue weighted by atomic mass is 9.79. The van der Waals surface area contributed by atoms with E-state index in [0.29, 0.717) is 31.5 Å². The summed E-state index contributed by atoms with van der Waals surface area (Å²) in [5.41, 5.74) is 7.34. The minimum Gasteiger partial charge on any atom is -0.359 e. The van der Waals surface area contributed by atoms with Crippen LogP contribution in [0.15, 0.2) is 36.4 Å². The van der Waals surface area contributed by atoms with Crippen LogP contribution in [-0.4, -0.2) is 77.1 Å². The molecule has 3 aliphatic heterocycles. The van der Waals surface area contributed by atoms with Gasteiger partial charge in [-0.2, -0.15) is 9.61 Å². The van der Waals surface area contributed by atoms with Crippen LogP contribution >= 0.6 is 0 Å². The number of piperidine rings is 1. The molecule has 10 nitrogen and oxygen atoms in total. The van der Waals surface area contributed by atoms with Crippen molar-refractivity contribution >= 4 is 29.1 Å². The van der Waals surface area contributed by atoms with Gasteiger partial charge in [-0.15, -0.1) is 0 Å². The standard InChI is InChI=1S/C30H39FN8O2/c1-30(20-8-10-21(31)11-9-20)19-33-27(40)7-5-13-36(2)28-17-25(37-15-12-22(32)18-37)34-26-16-23(35-39(26)28)24-6-3-4-14-38(24)29(30)41/h8-11,16-17,22,24H,3-7,12-15,18-19,32H2,1-2H3,(H,33,40). The molecule has 3 N–H and O–H groups in total. The average Bonchev–Trinajstić information content (AvgIpc) is 3.61. The lowest BCUT2D eigenvalue weighted by Gasteiger charge is -2.41. The van der Waals surface area contributed by atoms with E-state index < -0.39 is 5.41 Å². The van der Waals surface area contributed by atoms with E-state index in [1.54, 1.807) is 12.1 Å². The molecule has 2 fully saturated rings. The number of aromatic nitrogens is 3. The first-order chi connectivity index (χ1) is 19.7. The number of carbonyl (C=O) groups is 2. The van der Waals surface area contributed by atoms with Crippen molar-refractivity contribution in [2.24, 2.45) is 5.73 Å². The second kappa shape index (κ2) is 10.9. The lowest BCUT2D eigenvalue weighted by Crippen LogP contribution is -2.53. The van der Waals surface area contributed by atoms with E-state index in [9.17, 15) is 14.0 Å². The monoisotopic (exact) mass is 562 g/mol. The Morgan fingerprint density at radius 1 is 1.05 bits per heavy atom. The molecule has 0 radical (unpaired) electrons. The molecule has 1 aromatic carbocycles.